The second-order valence-electron chi connectivity index (χ2n) is 4.88. The minimum atomic E-state index is -0.877. The Morgan fingerprint density at radius 1 is 1.52 bits per heavy atom. The predicted molar refractivity (Wildman–Crippen MR) is 85.4 cm³/mol. The number of hydrogen-bond donors (Lipinski definition) is 4. The molecule has 0 saturated heterocycles. The van der Waals surface area contributed by atoms with Crippen molar-refractivity contribution in [3.63, 3.8) is 0 Å². The lowest BCUT2D eigenvalue weighted by atomic mass is 10.1. The maximum Gasteiger partial charge on any atom is 0.251 e. The number of nitrogens with zero attached hydrogens (tertiary/aromatic N) is 1. The number of amides is 1. The Morgan fingerprint density at radius 2 is 2.24 bits per heavy atom. The summed E-state index contributed by atoms with van der Waals surface area (Å²) >= 11 is 0. The van der Waals surface area contributed by atoms with Gasteiger partial charge in [-0.2, -0.15) is 0 Å². The molecular weight excluding hydrogens is 337 g/mol. The first-order valence-corrected chi connectivity index (χ1v) is 7.20. The van der Waals surface area contributed by atoms with Crippen molar-refractivity contribution in [2.45, 2.75) is 18.9 Å². The van der Waals surface area contributed by atoms with Crippen LogP contribution in [-0.4, -0.2) is 42.9 Å². The lowest BCUT2D eigenvalue weighted by molar-refractivity contribution is -0.525. The molecule has 4 N–H and O–H groups in total. The second kappa shape index (κ2) is 9.80. The average Bonchev–Trinajstić information content (AvgIpc) is 2.56. The highest BCUT2D eigenvalue weighted by Crippen LogP contribution is 2.17. The number of hydrogen-bond acceptors (Lipinski definition) is 6. The highest BCUT2D eigenvalue weighted by Gasteiger charge is 2.15. The first kappa shape index (κ1) is 19.8. The lowest BCUT2D eigenvalue weighted by Gasteiger charge is -2.13. The summed E-state index contributed by atoms with van der Waals surface area (Å²) < 4.78 is 18.3. The van der Waals surface area contributed by atoms with Crippen LogP contribution in [0.5, 0.6) is 5.75 Å². The molecule has 1 aromatic carbocycles. The molecular formula is C14H18FN5O5. The molecule has 1 atom stereocenters. The van der Waals surface area contributed by atoms with E-state index < -0.39 is 28.8 Å². The van der Waals surface area contributed by atoms with E-state index in [0.717, 1.165) is 6.07 Å². The largest absolute Gasteiger partial charge is 0.494 e. The third kappa shape index (κ3) is 6.81. The molecule has 1 amide bonds. The van der Waals surface area contributed by atoms with E-state index in [4.69, 9.17) is 10.1 Å². The van der Waals surface area contributed by atoms with Crippen LogP contribution in [0.4, 0.5) is 4.39 Å². The van der Waals surface area contributed by atoms with Gasteiger partial charge in [-0.1, -0.05) is 5.43 Å². The van der Waals surface area contributed by atoms with E-state index in [1.165, 1.54) is 19.2 Å². The molecule has 0 fully saturated rings. The van der Waals surface area contributed by atoms with E-state index in [1.807, 2.05) is 0 Å². The van der Waals surface area contributed by atoms with Gasteiger partial charge in [0.25, 0.3) is 11.9 Å². The van der Waals surface area contributed by atoms with Crippen LogP contribution in [0.1, 0.15) is 23.2 Å². The number of carbonyl (C=O) groups is 2. The van der Waals surface area contributed by atoms with Crippen LogP contribution < -0.4 is 20.8 Å². The molecule has 0 bridgehead atoms. The smallest absolute Gasteiger partial charge is 0.251 e. The monoisotopic (exact) mass is 355 g/mol. The molecule has 10 nitrogen and oxygen atoms in total. The summed E-state index contributed by atoms with van der Waals surface area (Å²) in [6.07, 6.45) is 1.15. The zero-order chi connectivity index (χ0) is 18.8. The van der Waals surface area contributed by atoms with Crippen LogP contribution in [0.2, 0.25) is 0 Å². The average molecular weight is 355 g/mol. The van der Waals surface area contributed by atoms with Gasteiger partial charge in [-0.05, 0) is 31.0 Å². The van der Waals surface area contributed by atoms with Crippen molar-refractivity contribution in [2.75, 3.05) is 13.7 Å². The van der Waals surface area contributed by atoms with Gasteiger partial charge in [-0.3, -0.25) is 10.2 Å². The maximum absolute atomic E-state index is 13.6. The Labute approximate surface area is 142 Å². The number of hydrazine groups is 1. The van der Waals surface area contributed by atoms with Gasteiger partial charge in [-0.15, -0.1) is 0 Å². The molecule has 0 aliphatic rings. The van der Waals surface area contributed by atoms with Crippen LogP contribution >= 0.6 is 0 Å². The molecule has 136 valence electrons. The maximum atomic E-state index is 13.6. The summed E-state index contributed by atoms with van der Waals surface area (Å²) in [5, 5.41) is 21.3. The zero-order valence-corrected chi connectivity index (χ0v) is 13.4. The molecule has 0 heterocycles. The van der Waals surface area contributed by atoms with Crippen molar-refractivity contribution in [1.82, 2.24) is 16.1 Å². The number of benzene rings is 1. The third-order valence-electron chi connectivity index (χ3n) is 3.09. The Hall–Kier alpha value is -3.24. The Balaban J connectivity index is 2.46. The predicted octanol–water partition coefficient (Wildman–Crippen LogP) is 0.217. The van der Waals surface area contributed by atoms with Crippen LogP contribution in [0.3, 0.4) is 0 Å². The number of rotatable bonds is 9. The number of aldehydes is 1. The Kier molecular flexibility index (Phi) is 7.76. The minimum Gasteiger partial charge on any atom is -0.494 e. The van der Waals surface area contributed by atoms with Crippen LogP contribution in [0.25, 0.3) is 0 Å². The Morgan fingerprint density at radius 3 is 2.80 bits per heavy atom. The topological polar surface area (TPSA) is 146 Å². The van der Waals surface area contributed by atoms with Gasteiger partial charge >= 0.3 is 0 Å². The summed E-state index contributed by atoms with van der Waals surface area (Å²) in [6.45, 7) is 0.192. The summed E-state index contributed by atoms with van der Waals surface area (Å²) in [5.41, 5.74) is 1.66. The minimum absolute atomic E-state index is 0.000318. The van der Waals surface area contributed by atoms with E-state index >= 15 is 0 Å². The number of halogens is 1. The standard InChI is InChI=1S/C14H18FN5O5/c1-25-12-5-4-9(7-11(12)15)13(22)18-10(8-21)3-2-6-17-14(16)19-20(23)24/h4-5,7-8,10H,2-3,6H2,1H3,(H,18,22)(H3,16,17,19). The summed E-state index contributed by atoms with van der Waals surface area (Å²) in [6, 6.07) is 2.86. The molecule has 0 aliphatic heterocycles. The van der Waals surface area contributed by atoms with Crippen LogP contribution in [-0.2, 0) is 4.79 Å². The number of nitrogens with one attached hydrogen (secondary N) is 4. The van der Waals surface area contributed by atoms with E-state index in [0.29, 0.717) is 12.7 Å². The van der Waals surface area contributed by atoms with Gasteiger partial charge in [-0.25, -0.2) is 14.5 Å². The number of nitro groups is 1. The molecule has 0 spiro atoms. The van der Waals surface area contributed by atoms with Crippen molar-refractivity contribution < 1.29 is 23.7 Å². The number of guanidine groups is 1. The molecule has 0 radical (unpaired) electrons. The normalized spacial score (nSPS) is 11.1. The lowest BCUT2D eigenvalue weighted by Crippen LogP contribution is -2.41. The fourth-order valence-corrected chi connectivity index (χ4v) is 1.90. The fourth-order valence-electron chi connectivity index (χ4n) is 1.90. The van der Waals surface area contributed by atoms with E-state index in [9.17, 15) is 24.1 Å². The van der Waals surface area contributed by atoms with Crippen molar-refractivity contribution >= 4 is 18.2 Å². The van der Waals surface area contributed by atoms with Crippen molar-refractivity contribution in [3.8, 4) is 5.75 Å². The van der Waals surface area contributed by atoms with Crippen LogP contribution in [0, 0.1) is 21.3 Å². The van der Waals surface area contributed by atoms with Crippen molar-refractivity contribution in [1.29, 1.82) is 5.41 Å². The number of methoxy groups -OCH3 is 1. The van der Waals surface area contributed by atoms with E-state index in [-0.39, 0.29) is 24.3 Å². The fraction of sp³-hybridized carbons (Fsp3) is 0.357. The van der Waals surface area contributed by atoms with E-state index in [1.54, 1.807) is 5.43 Å². The quantitative estimate of drug-likeness (QED) is 0.124. The van der Waals surface area contributed by atoms with Crippen LogP contribution in [0.15, 0.2) is 18.2 Å². The van der Waals surface area contributed by atoms with Gasteiger partial charge in [0.1, 0.15) is 6.29 Å². The van der Waals surface area contributed by atoms with Gasteiger partial charge in [0.2, 0.25) is 0 Å². The molecule has 11 heteroatoms. The molecule has 0 aromatic heterocycles. The zero-order valence-electron chi connectivity index (χ0n) is 13.4. The first-order chi connectivity index (χ1) is 11.9. The number of ether oxygens (including phenoxy) is 1. The Bertz CT molecular complexity index is 654. The molecule has 1 aromatic rings. The second-order valence-corrected chi connectivity index (χ2v) is 4.88. The first-order valence-electron chi connectivity index (χ1n) is 7.20. The van der Waals surface area contributed by atoms with Crippen molar-refractivity contribution in [2.24, 2.45) is 0 Å². The molecule has 0 saturated carbocycles. The van der Waals surface area contributed by atoms with Gasteiger partial charge in [0.15, 0.2) is 16.6 Å². The molecule has 25 heavy (non-hydrogen) atoms. The van der Waals surface area contributed by atoms with Gasteiger partial charge in [0.05, 0.1) is 13.2 Å². The number of carbonyl (C=O) groups excluding carboxylic acids is 2. The third-order valence-corrected chi connectivity index (χ3v) is 3.09. The molecule has 0 aliphatic carbocycles. The summed E-state index contributed by atoms with van der Waals surface area (Å²) in [7, 11) is 1.30. The highest BCUT2D eigenvalue weighted by molar-refractivity contribution is 5.95. The SMILES string of the molecule is COc1ccc(C(=O)NC(C=O)CCCNC(=N)N[N+](=O)[O-])cc1F. The van der Waals surface area contributed by atoms with Crippen molar-refractivity contribution in [3.05, 3.63) is 39.7 Å². The van der Waals surface area contributed by atoms with Gasteiger partial charge in [0, 0.05) is 12.1 Å². The van der Waals surface area contributed by atoms with E-state index in [2.05, 4.69) is 10.6 Å². The summed E-state index contributed by atoms with van der Waals surface area (Å²) in [4.78, 5) is 33.2. The molecule has 1 unspecified atom stereocenters. The summed E-state index contributed by atoms with van der Waals surface area (Å²) in [5.74, 6) is -1.79. The molecule has 1 rings (SSSR count). The highest BCUT2D eigenvalue weighted by atomic mass is 19.1. The van der Waals surface area contributed by atoms with Gasteiger partial charge < -0.3 is 20.2 Å².